The Bertz CT molecular complexity index is 692. The van der Waals surface area contributed by atoms with Gasteiger partial charge in [-0.3, -0.25) is 19.3 Å². The topological polar surface area (TPSA) is 75.7 Å². The molecule has 0 radical (unpaired) electrons. The summed E-state index contributed by atoms with van der Waals surface area (Å²) < 4.78 is 5.02. The lowest BCUT2D eigenvalue weighted by Crippen LogP contribution is -2.37. The number of carbonyl (C=O) groups excluding carboxylic acids is 3. The molecule has 6 nitrogen and oxygen atoms in total. The number of ether oxygens (including phenoxy) is 1. The van der Waals surface area contributed by atoms with E-state index in [1.165, 1.54) is 4.90 Å². The lowest BCUT2D eigenvalue weighted by molar-refractivity contribution is -0.148. The third-order valence-electron chi connectivity index (χ3n) is 4.52. The lowest BCUT2D eigenvalue weighted by atomic mass is 10.0. The summed E-state index contributed by atoms with van der Waals surface area (Å²) in [6.07, 6.45) is 3.04. The summed E-state index contributed by atoms with van der Waals surface area (Å²) >= 11 is 0. The van der Waals surface area contributed by atoms with Crippen LogP contribution in [0.4, 0.5) is 0 Å². The Labute approximate surface area is 160 Å². The summed E-state index contributed by atoms with van der Waals surface area (Å²) in [5.74, 6) is -0.617. The summed E-state index contributed by atoms with van der Waals surface area (Å²) in [6.45, 7) is 9.53. The van der Waals surface area contributed by atoms with Gasteiger partial charge in [-0.15, -0.1) is 0 Å². The molecule has 1 heterocycles. The molecular weight excluding hydrogens is 344 g/mol. The van der Waals surface area contributed by atoms with Crippen molar-refractivity contribution in [2.75, 3.05) is 13.2 Å². The van der Waals surface area contributed by atoms with Crippen LogP contribution in [0.5, 0.6) is 0 Å². The van der Waals surface area contributed by atoms with E-state index in [9.17, 15) is 14.4 Å². The largest absolute Gasteiger partial charge is 0.454 e. The number of benzene rings is 1. The molecule has 1 aliphatic heterocycles. The van der Waals surface area contributed by atoms with Crippen molar-refractivity contribution in [2.45, 2.75) is 46.1 Å². The van der Waals surface area contributed by atoms with Crippen LogP contribution >= 0.6 is 0 Å². The second-order valence-electron chi connectivity index (χ2n) is 7.34. The molecular formula is C21H28N2O4. The zero-order chi connectivity index (χ0) is 20.0. The highest BCUT2D eigenvalue weighted by Gasteiger charge is 2.32. The average molecular weight is 372 g/mol. The van der Waals surface area contributed by atoms with Crippen LogP contribution in [0.25, 0.3) is 5.70 Å². The molecule has 2 rings (SSSR count). The first-order valence-corrected chi connectivity index (χ1v) is 9.34. The van der Waals surface area contributed by atoms with Crippen LogP contribution in [-0.4, -0.2) is 41.9 Å². The molecule has 2 amide bonds. The van der Waals surface area contributed by atoms with E-state index in [2.05, 4.69) is 25.7 Å². The molecule has 1 aliphatic rings. The van der Waals surface area contributed by atoms with Gasteiger partial charge in [0.05, 0.1) is 0 Å². The fraction of sp³-hybridized carbons (Fsp3) is 0.476. The second kappa shape index (κ2) is 9.35. The first kappa shape index (κ1) is 20.7. The minimum Gasteiger partial charge on any atom is -0.454 e. The normalized spacial score (nSPS) is 14.3. The van der Waals surface area contributed by atoms with Crippen LogP contribution in [0, 0.1) is 5.92 Å². The Hall–Kier alpha value is -2.63. The predicted octanol–water partition coefficient (Wildman–Crippen LogP) is 2.99. The summed E-state index contributed by atoms with van der Waals surface area (Å²) in [5.41, 5.74) is 1.70. The molecule has 1 unspecified atom stereocenters. The maximum Gasteiger partial charge on any atom is 0.326 e. The number of rotatable bonds is 9. The van der Waals surface area contributed by atoms with E-state index >= 15 is 0 Å². The number of fused-ring (bicyclic) bond motifs is 1. The van der Waals surface area contributed by atoms with Gasteiger partial charge < -0.3 is 10.1 Å². The molecule has 0 fully saturated rings. The Morgan fingerprint density at radius 3 is 2.44 bits per heavy atom. The van der Waals surface area contributed by atoms with Gasteiger partial charge in [-0.05, 0) is 25.3 Å². The number of hydrogen-bond donors (Lipinski definition) is 1. The third kappa shape index (κ3) is 5.67. The van der Waals surface area contributed by atoms with Crippen LogP contribution in [0.15, 0.2) is 30.8 Å². The quantitative estimate of drug-likeness (QED) is 0.676. The van der Waals surface area contributed by atoms with Crippen LogP contribution in [-0.2, 0) is 14.3 Å². The Balaban J connectivity index is 1.74. The van der Waals surface area contributed by atoms with Crippen LogP contribution < -0.4 is 5.32 Å². The first-order chi connectivity index (χ1) is 12.8. The molecule has 0 saturated carbocycles. The molecule has 0 aromatic heterocycles. The number of esters is 1. The molecule has 146 valence electrons. The van der Waals surface area contributed by atoms with E-state index in [0.717, 1.165) is 19.3 Å². The Morgan fingerprint density at radius 2 is 1.81 bits per heavy atom. The van der Waals surface area contributed by atoms with Gasteiger partial charge in [-0.1, -0.05) is 51.5 Å². The van der Waals surface area contributed by atoms with Gasteiger partial charge in [0.1, 0.15) is 6.54 Å². The van der Waals surface area contributed by atoms with E-state index in [0.29, 0.717) is 22.7 Å². The van der Waals surface area contributed by atoms with Crippen molar-refractivity contribution >= 4 is 23.5 Å². The molecule has 1 atom stereocenters. The summed E-state index contributed by atoms with van der Waals surface area (Å²) in [6, 6.07) is 7.09. The van der Waals surface area contributed by atoms with Gasteiger partial charge in [0.2, 0.25) is 0 Å². The Morgan fingerprint density at radius 1 is 1.15 bits per heavy atom. The minimum atomic E-state index is -0.639. The fourth-order valence-electron chi connectivity index (χ4n) is 3.04. The van der Waals surface area contributed by atoms with Crippen molar-refractivity contribution in [3.05, 3.63) is 42.0 Å². The van der Waals surface area contributed by atoms with E-state index in [4.69, 9.17) is 4.74 Å². The standard InChI is InChI=1S/C21H28N2O4/c1-14(2)8-7-9-15(3)22-19(24)13-27-20(25)12-23-16(4)17-10-5-6-11-18(17)21(23)26/h5-6,10-11,14-15H,4,7-9,12-13H2,1-3H3,(H,22,24). The average Bonchev–Trinajstić information content (AvgIpc) is 2.85. The van der Waals surface area contributed by atoms with Crippen molar-refractivity contribution in [1.82, 2.24) is 10.2 Å². The number of carbonyl (C=O) groups is 3. The second-order valence-corrected chi connectivity index (χ2v) is 7.34. The monoisotopic (exact) mass is 372 g/mol. The summed E-state index contributed by atoms with van der Waals surface area (Å²) in [7, 11) is 0. The number of amides is 2. The minimum absolute atomic E-state index is 0.0318. The van der Waals surface area contributed by atoms with Gasteiger partial charge in [-0.25, -0.2) is 0 Å². The SMILES string of the molecule is C=C1c2ccccc2C(=O)N1CC(=O)OCC(=O)NC(C)CCCC(C)C. The number of nitrogens with zero attached hydrogens (tertiary/aromatic N) is 1. The third-order valence-corrected chi connectivity index (χ3v) is 4.52. The van der Waals surface area contributed by atoms with Crippen molar-refractivity contribution in [1.29, 1.82) is 0 Å². The Kier molecular flexibility index (Phi) is 7.16. The maximum atomic E-state index is 12.4. The summed E-state index contributed by atoms with van der Waals surface area (Å²) in [5, 5.41) is 2.82. The van der Waals surface area contributed by atoms with Crippen molar-refractivity contribution < 1.29 is 19.1 Å². The van der Waals surface area contributed by atoms with Gasteiger partial charge >= 0.3 is 5.97 Å². The maximum absolute atomic E-state index is 12.4. The van der Waals surface area contributed by atoms with Crippen LogP contribution in [0.2, 0.25) is 0 Å². The molecule has 0 bridgehead atoms. The molecule has 6 heteroatoms. The molecule has 1 N–H and O–H groups in total. The van der Waals surface area contributed by atoms with Crippen molar-refractivity contribution in [3.63, 3.8) is 0 Å². The molecule has 1 aromatic carbocycles. The smallest absolute Gasteiger partial charge is 0.326 e. The van der Waals surface area contributed by atoms with Gasteiger partial charge in [-0.2, -0.15) is 0 Å². The first-order valence-electron chi connectivity index (χ1n) is 9.34. The number of hydrogen-bond acceptors (Lipinski definition) is 4. The molecule has 0 saturated heterocycles. The molecule has 0 spiro atoms. The van der Waals surface area contributed by atoms with E-state index < -0.39 is 5.97 Å². The highest BCUT2D eigenvalue weighted by molar-refractivity contribution is 6.10. The van der Waals surface area contributed by atoms with Gasteiger partial charge in [0.25, 0.3) is 11.8 Å². The lowest BCUT2D eigenvalue weighted by Gasteiger charge is -2.17. The fourth-order valence-corrected chi connectivity index (χ4v) is 3.04. The van der Waals surface area contributed by atoms with Gasteiger partial charge in [0.15, 0.2) is 6.61 Å². The van der Waals surface area contributed by atoms with Crippen LogP contribution in [0.1, 0.15) is 56.0 Å². The zero-order valence-electron chi connectivity index (χ0n) is 16.3. The van der Waals surface area contributed by atoms with E-state index in [-0.39, 0.29) is 31.0 Å². The van der Waals surface area contributed by atoms with E-state index in [1.54, 1.807) is 18.2 Å². The molecule has 1 aromatic rings. The highest BCUT2D eigenvalue weighted by atomic mass is 16.5. The van der Waals surface area contributed by atoms with E-state index in [1.807, 2.05) is 13.0 Å². The molecule has 27 heavy (non-hydrogen) atoms. The van der Waals surface area contributed by atoms with Crippen molar-refractivity contribution in [3.8, 4) is 0 Å². The zero-order valence-corrected chi connectivity index (χ0v) is 16.3. The van der Waals surface area contributed by atoms with Crippen LogP contribution in [0.3, 0.4) is 0 Å². The summed E-state index contributed by atoms with van der Waals surface area (Å²) in [4.78, 5) is 37.6. The predicted molar refractivity (Wildman–Crippen MR) is 104 cm³/mol. The number of nitrogens with one attached hydrogen (secondary N) is 1. The van der Waals surface area contributed by atoms with Crippen molar-refractivity contribution in [2.24, 2.45) is 5.92 Å². The molecule has 0 aliphatic carbocycles. The highest BCUT2D eigenvalue weighted by Crippen LogP contribution is 2.30. The van der Waals surface area contributed by atoms with Gasteiger partial charge in [0, 0.05) is 22.9 Å².